The Labute approximate surface area is 297 Å². The number of benzene rings is 1. The number of hydrogen-bond acceptors (Lipinski definition) is 8. The van der Waals surface area contributed by atoms with E-state index in [2.05, 4.69) is 51.3 Å². The zero-order valence-corrected chi connectivity index (χ0v) is 29.4. The summed E-state index contributed by atoms with van der Waals surface area (Å²) < 4.78 is 33.6. The molecule has 1 aliphatic rings. The van der Waals surface area contributed by atoms with Crippen LogP contribution in [0, 0.1) is 6.92 Å². The number of carbonyl (C=O) groups is 3. The molecule has 5 rings (SSSR count). The van der Waals surface area contributed by atoms with E-state index in [1.54, 1.807) is 6.20 Å². The fourth-order valence-electron chi connectivity index (χ4n) is 5.91. The van der Waals surface area contributed by atoms with Gasteiger partial charge >= 0.3 is 18.2 Å². The van der Waals surface area contributed by atoms with E-state index in [-0.39, 0.29) is 24.1 Å². The normalized spacial score (nSPS) is 13.5. The minimum atomic E-state index is -5.08. The predicted molar refractivity (Wildman–Crippen MR) is 189 cm³/mol. The largest absolute Gasteiger partial charge is 0.490 e. The van der Waals surface area contributed by atoms with Crippen LogP contribution in [0.2, 0.25) is 0 Å². The smallest absolute Gasteiger partial charge is 0.475 e. The van der Waals surface area contributed by atoms with Crippen LogP contribution in [0.4, 0.5) is 23.8 Å². The molecule has 0 unspecified atom stereocenters. The number of rotatable bonds is 11. The van der Waals surface area contributed by atoms with E-state index in [0.29, 0.717) is 24.2 Å². The Morgan fingerprint density at radius 1 is 1.00 bits per heavy atom. The van der Waals surface area contributed by atoms with Gasteiger partial charge in [-0.15, -0.1) is 0 Å². The number of aromatic amines is 1. The predicted octanol–water partition coefficient (Wildman–Crippen LogP) is 4.58. The summed E-state index contributed by atoms with van der Waals surface area (Å²) in [5, 5.41) is 26.7. The van der Waals surface area contributed by atoms with Gasteiger partial charge in [-0.2, -0.15) is 18.3 Å². The van der Waals surface area contributed by atoms with Crippen molar-refractivity contribution in [3.05, 3.63) is 75.5 Å². The first-order valence-corrected chi connectivity index (χ1v) is 16.8. The lowest BCUT2D eigenvalue weighted by molar-refractivity contribution is -0.192. The Bertz CT molecular complexity index is 1930. The van der Waals surface area contributed by atoms with Crippen molar-refractivity contribution in [3.63, 3.8) is 0 Å². The first-order chi connectivity index (χ1) is 24.6. The molecule has 52 heavy (non-hydrogen) atoms. The number of carbonyl (C=O) groups excluding carboxylic acids is 1. The molecule has 0 spiro atoms. The van der Waals surface area contributed by atoms with Crippen LogP contribution in [-0.2, 0) is 17.8 Å². The molecule has 0 aliphatic carbocycles. The second-order valence-corrected chi connectivity index (χ2v) is 12.6. The van der Waals surface area contributed by atoms with Crippen molar-refractivity contribution in [1.29, 1.82) is 0 Å². The number of fused-ring (bicyclic) bond motifs is 1. The SMILES string of the molecule is CCCc1cc(C)[nH]c(=O)c1CNC(=O)c1cc(-c2ccc(N3CCN(CCNC(=O)O)CC3)nc2)cc2c1cnn2C(C)C.O=C(O)C(F)(F)F. The van der Waals surface area contributed by atoms with Crippen LogP contribution in [0.5, 0.6) is 0 Å². The number of H-pyrrole nitrogens is 1. The average Bonchev–Trinajstić information content (AvgIpc) is 3.52. The van der Waals surface area contributed by atoms with Gasteiger partial charge in [0.25, 0.3) is 11.5 Å². The van der Waals surface area contributed by atoms with Crippen LogP contribution >= 0.6 is 0 Å². The number of pyridine rings is 2. The highest BCUT2D eigenvalue weighted by molar-refractivity contribution is 6.08. The van der Waals surface area contributed by atoms with Gasteiger partial charge in [0.1, 0.15) is 5.82 Å². The summed E-state index contributed by atoms with van der Waals surface area (Å²) in [4.78, 5) is 58.2. The lowest BCUT2D eigenvalue weighted by Gasteiger charge is -2.35. The third-order valence-corrected chi connectivity index (χ3v) is 8.48. The molecule has 14 nitrogen and oxygen atoms in total. The number of carboxylic acid groups (broad SMARTS) is 2. The summed E-state index contributed by atoms with van der Waals surface area (Å²) in [6, 6.07) is 10.0. The van der Waals surface area contributed by atoms with Gasteiger partial charge in [0.05, 0.1) is 17.3 Å². The fourth-order valence-corrected chi connectivity index (χ4v) is 5.91. The van der Waals surface area contributed by atoms with Crippen molar-refractivity contribution >= 4 is 34.7 Å². The molecule has 3 aromatic heterocycles. The first-order valence-electron chi connectivity index (χ1n) is 16.8. The Morgan fingerprint density at radius 2 is 1.69 bits per heavy atom. The molecule has 0 saturated carbocycles. The Balaban J connectivity index is 0.000000785. The third-order valence-electron chi connectivity index (χ3n) is 8.48. The number of aromatic nitrogens is 4. The molecule has 17 heteroatoms. The van der Waals surface area contributed by atoms with Crippen LogP contribution in [0.1, 0.15) is 60.4 Å². The molecule has 1 aliphatic heterocycles. The highest BCUT2D eigenvalue weighted by Gasteiger charge is 2.38. The number of aliphatic carboxylic acids is 1. The zero-order chi connectivity index (χ0) is 38.2. The van der Waals surface area contributed by atoms with Crippen molar-refractivity contribution in [1.82, 2.24) is 35.3 Å². The number of carboxylic acids is 1. The molecule has 0 atom stereocenters. The van der Waals surface area contributed by atoms with Gasteiger partial charge in [-0.1, -0.05) is 13.3 Å². The Kier molecular flexibility index (Phi) is 13.0. The van der Waals surface area contributed by atoms with Crippen molar-refractivity contribution in [2.45, 2.75) is 59.3 Å². The van der Waals surface area contributed by atoms with E-state index < -0.39 is 18.2 Å². The number of alkyl halides is 3. The van der Waals surface area contributed by atoms with Crippen LogP contribution in [0.15, 0.2) is 47.5 Å². The summed E-state index contributed by atoms with van der Waals surface area (Å²) in [5.41, 5.74) is 5.24. The number of anilines is 1. The van der Waals surface area contributed by atoms with Crippen LogP contribution in [0.25, 0.3) is 22.0 Å². The van der Waals surface area contributed by atoms with E-state index in [4.69, 9.17) is 20.0 Å². The van der Waals surface area contributed by atoms with Gasteiger partial charge < -0.3 is 30.7 Å². The number of nitrogens with one attached hydrogen (secondary N) is 3. The standard InChI is InChI=1S/C33H42N8O4.C2HF3O2/c1-5-6-23-15-22(4)38-32(43)27(23)19-36-31(42)26-16-25(17-29-28(26)20-37-41(29)21(2)3)24-7-8-30(35-18-24)40-13-11-39(12-14-40)10-9-34-33(44)45;3-2(4,5)1(6)7/h7-8,15-18,20-21,34H,5-6,9-14,19H2,1-4H3,(H,36,42)(H,38,43)(H,44,45);(H,6,7). The first kappa shape index (κ1) is 39.3. The Hall–Kier alpha value is -5.45. The van der Waals surface area contributed by atoms with Gasteiger partial charge in [-0.3, -0.25) is 19.2 Å². The number of aryl methyl sites for hydroxylation is 2. The second kappa shape index (κ2) is 17.2. The van der Waals surface area contributed by atoms with Crippen molar-refractivity contribution in [2.75, 3.05) is 44.2 Å². The summed E-state index contributed by atoms with van der Waals surface area (Å²) in [5.74, 6) is -2.15. The second-order valence-electron chi connectivity index (χ2n) is 12.6. The lowest BCUT2D eigenvalue weighted by Crippen LogP contribution is -2.48. The molecule has 0 radical (unpaired) electrons. The zero-order valence-electron chi connectivity index (χ0n) is 29.4. The van der Waals surface area contributed by atoms with E-state index in [1.165, 1.54) is 0 Å². The summed E-state index contributed by atoms with van der Waals surface area (Å²) >= 11 is 0. The van der Waals surface area contributed by atoms with E-state index in [9.17, 15) is 27.6 Å². The number of halogens is 3. The fraction of sp³-hybridized carbons (Fsp3) is 0.429. The summed E-state index contributed by atoms with van der Waals surface area (Å²) in [6.45, 7) is 12.5. The van der Waals surface area contributed by atoms with Crippen molar-refractivity contribution in [3.8, 4) is 11.1 Å². The topological polar surface area (TPSA) is 186 Å². The maximum Gasteiger partial charge on any atom is 0.490 e. The minimum absolute atomic E-state index is 0.0930. The van der Waals surface area contributed by atoms with E-state index >= 15 is 0 Å². The molecular weight excluding hydrogens is 685 g/mol. The number of amides is 2. The maximum absolute atomic E-state index is 13.7. The quantitative estimate of drug-likeness (QED) is 0.146. The number of piperazine rings is 1. The van der Waals surface area contributed by atoms with Gasteiger partial charge in [0.15, 0.2) is 0 Å². The molecule has 1 fully saturated rings. The monoisotopic (exact) mass is 728 g/mol. The Morgan fingerprint density at radius 3 is 2.27 bits per heavy atom. The van der Waals surface area contributed by atoms with Gasteiger partial charge in [-0.05, 0) is 68.7 Å². The average molecular weight is 729 g/mol. The van der Waals surface area contributed by atoms with Crippen LogP contribution in [0.3, 0.4) is 0 Å². The highest BCUT2D eigenvalue weighted by Crippen LogP contribution is 2.30. The number of hydrogen-bond donors (Lipinski definition) is 5. The lowest BCUT2D eigenvalue weighted by atomic mass is 10.00. The van der Waals surface area contributed by atoms with Crippen molar-refractivity contribution < 1.29 is 37.8 Å². The molecule has 0 bridgehead atoms. The molecule has 280 valence electrons. The van der Waals surface area contributed by atoms with Crippen LogP contribution in [-0.4, -0.2) is 98.3 Å². The van der Waals surface area contributed by atoms with E-state index in [0.717, 1.165) is 78.1 Å². The molecular formula is C35H43F3N8O6. The van der Waals surface area contributed by atoms with Gasteiger partial charge in [-0.25, -0.2) is 14.6 Å². The highest BCUT2D eigenvalue weighted by atomic mass is 19.4. The maximum atomic E-state index is 13.7. The van der Waals surface area contributed by atoms with Gasteiger partial charge in [0, 0.05) is 80.3 Å². The minimum Gasteiger partial charge on any atom is -0.475 e. The van der Waals surface area contributed by atoms with Crippen LogP contribution < -0.4 is 21.1 Å². The van der Waals surface area contributed by atoms with E-state index in [1.807, 2.05) is 48.1 Å². The molecule has 4 heterocycles. The summed E-state index contributed by atoms with van der Waals surface area (Å²) in [6.07, 6.45) is -0.858. The molecule has 1 saturated heterocycles. The van der Waals surface area contributed by atoms with Gasteiger partial charge in [0.2, 0.25) is 0 Å². The molecule has 2 amide bonds. The molecule has 4 aromatic rings. The third kappa shape index (κ3) is 10.1. The number of nitrogens with zero attached hydrogens (tertiary/aromatic N) is 5. The summed E-state index contributed by atoms with van der Waals surface area (Å²) in [7, 11) is 0. The molecule has 5 N–H and O–H groups in total. The molecule has 1 aromatic carbocycles. The van der Waals surface area contributed by atoms with Crippen molar-refractivity contribution in [2.24, 2.45) is 0 Å².